The molecule has 1 aromatic carbocycles. The van der Waals surface area contributed by atoms with Crippen molar-refractivity contribution in [3.8, 4) is 0 Å². The van der Waals surface area contributed by atoms with Crippen LogP contribution in [0.3, 0.4) is 0 Å². The maximum atomic E-state index is 6.44. The maximum Gasteiger partial charge on any atom is 0.0922 e. The van der Waals surface area contributed by atoms with Gasteiger partial charge in [0.1, 0.15) is 0 Å². The summed E-state index contributed by atoms with van der Waals surface area (Å²) < 4.78 is 12.7. The highest BCUT2D eigenvalue weighted by Gasteiger charge is 2.63. The van der Waals surface area contributed by atoms with Crippen LogP contribution in [-0.2, 0) is 16.1 Å². The van der Waals surface area contributed by atoms with E-state index in [-0.39, 0.29) is 11.7 Å². The first-order valence-electron chi connectivity index (χ1n) is 7.93. The molecular formula is C18H24O2. The Bertz CT molecular complexity index is 481. The number of rotatable bonds is 3. The van der Waals surface area contributed by atoms with Gasteiger partial charge in [-0.05, 0) is 49.5 Å². The van der Waals surface area contributed by atoms with Crippen molar-refractivity contribution >= 4 is 0 Å². The molecule has 2 heteroatoms. The second-order valence-corrected chi connectivity index (χ2v) is 7.39. The maximum absolute atomic E-state index is 6.44. The van der Waals surface area contributed by atoms with Crippen molar-refractivity contribution < 1.29 is 9.47 Å². The fraction of sp³-hybridized carbons (Fsp3) is 0.667. The third kappa shape index (κ3) is 1.78. The lowest BCUT2D eigenvalue weighted by Gasteiger charge is -2.58. The van der Waals surface area contributed by atoms with E-state index in [0.717, 1.165) is 5.92 Å². The number of ether oxygens (including phenoxy) is 2. The van der Waals surface area contributed by atoms with Crippen molar-refractivity contribution in [1.82, 2.24) is 0 Å². The highest BCUT2D eigenvalue weighted by molar-refractivity contribution is 5.15. The third-order valence-electron chi connectivity index (χ3n) is 6.11. The largest absolute Gasteiger partial charge is 0.371 e. The molecule has 2 saturated carbocycles. The SMILES string of the molecule is C[C@@]12C[C@H](OCc3ccccc3)[C@@]3(C)C[C@H]1CC[C@H]2O3. The second-order valence-electron chi connectivity index (χ2n) is 7.39. The van der Waals surface area contributed by atoms with Crippen LogP contribution in [0.4, 0.5) is 0 Å². The molecule has 5 rings (SSSR count). The first-order valence-corrected chi connectivity index (χ1v) is 7.93. The fourth-order valence-electron chi connectivity index (χ4n) is 4.79. The molecule has 0 radical (unpaired) electrons. The number of hydrogen-bond acceptors (Lipinski definition) is 2. The first-order chi connectivity index (χ1) is 9.60. The van der Waals surface area contributed by atoms with Gasteiger partial charge in [0, 0.05) is 0 Å². The van der Waals surface area contributed by atoms with Gasteiger partial charge in [-0.1, -0.05) is 37.3 Å². The molecule has 2 aliphatic carbocycles. The van der Waals surface area contributed by atoms with E-state index in [1.165, 1.54) is 31.2 Å². The summed E-state index contributed by atoms with van der Waals surface area (Å²) in [6.45, 7) is 5.40. The van der Waals surface area contributed by atoms with Gasteiger partial charge in [-0.25, -0.2) is 0 Å². The zero-order chi connectivity index (χ0) is 13.8. The Morgan fingerprint density at radius 3 is 2.70 bits per heavy atom. The van der Waals surface area contributed by atoms with E-state index in [0.29, 0.717) is 18.1 Å². The van der Waals surface area contributed by atoms with Gasteiger partial charge in [-0.2, -0.15) is 0 Å². The van der Waals surface area contributed by atoms with Crippen molar-refractivity contribution in [2.24, 2.45) is 11.3 Å². The number of fused-ring (bicyclic) bond motifs is 1. The monoisotopic (exact) mass is 272 g/mol. The molecule has 2 heterocycles. The Hall–Kier alpha value is -0.860. The number of hydrogen-bond donors (Lipinski definition) is 0. The van der Waals surface area contributed by atoms with Gasteiger partial charge in [0.25, 0.3) is 0 Å². The molecule has 2 saturated heterocycles. The molecule has 0 aromatic heterocycles. The van der Waals surface area contributed by atoms with Gasteiger partial charge in [0.15, 0.2) is 0 Å². The molecule has 20 heavy (non-hydrogen) atoms. The minimum atomic E-state index is -0.0572. The molecule has 5 atom stereocenters. The summed E-state index contributed by atoms with van der Waals surface area (Å²) in [4.78, 5) is 0. The van der Waals surface area contributed by atoms with Gasteiger partial charge in [0.05, 0.1) is 24.4 Å². The van der Waals surface area contributed by atoms with Gasteiger partial charge in [0.2, 0.25) is 0 Å². The molecule has 108 valence electrons. The summed E-state index contributed by atoms with van der Waals surface area (Å²) in [7, 11) is 0. The van der Waals surface area contributed by atoms with Crippen molar-refractivity contribution in [1.29, 1.82) is 0 Å². The van der Waals surface area contributed by atoms with Gasteiger partial charge in [-0.3, -0.25) is 0 Å². The summed E-state index contributed by atoms with van der Waals surface area (Å²) in [5, 5.41) is 0. The van der Waals surface area contributed by atoms with Crippen LogP contribution < -0.4 is 0 Å². The van der Waals surface area contributed by atoms with Gasteiger partial charge in [-0.15, -0.1) is 0 Å². The molecule has 0 amide bonds. The minimum Gasteiger partial charge on any atom is -0.371 e. The summed E-state index contributed by atoms with van der Waals surface area (Å²) in [6, 6.07) is 10.5. The van der Waals surface area contributed by atoms with E-state index in [1.54, 1.807) is 0 Å². The van der Waals surface area contributed by atoms with Crippen LogP contribution in [0.1, 0.15) is 45.1 Å². The predicted octanol–water partition coefficient (Wildman–Crippen LogP) is 3.94. The van der Waals surface area contributed by atoms with Crippen LogP contribution in [0, 0.1) is 11.3 Å². The molecule has 0 spiro atoms. The van der Waals surface area contributed by atoms with E-state index in [2.05, 4.69) is 44.2 Å². The summed E-state index contributed by atoms with van der Waals surface area (Å²) in [6.07, 6.45) is 5.68. The average molecular weight is 272 g/mol. The highest BCUT2D eigenvalue weighted by atomic mass is 16.6. The molecule has 4 aliphatic rings. The van der Waals surface area contributed by atoms with E-state index in [4.69, 9.17) is 9.47 Å². The van der Waals surface area contributed by atoms with Crippen molar-refractivity contribution in [3.05, 3.63) is 35.9 Å². The Labute approximate surface area is 121 Å². The van der Waals surface area contributed by atoms with Crippen LogP contribution >= 0.6 is 0 Å². The Balaban J connectivity index is 1.50. The summed E-state index contributed by atoms with van der Waals surface area (Å²) in [5.74, 6) is 0.850. The molecule has 0 unspecified atom stereocenters. The first kappa shape index (κ1) is 12.8. The second kappa shape index (κ2) is 4.32. The molecule has 4 bridgehead atoms. The number of benzene rings is 1. The smallest absolute Gasteiger partial charge is 0.0922 e. The van der Waals surface area contributed by atoms with Crippen molar-refractivity contribution in [3.63, 3.8) is 0 Å². The summed E-state index contributed by atoms with van der Waals surface area (Å²) in [5.41, 5.74) is 1.56. The van der Waals surface area contributed by atoms with E-state index >= 15 is 0 Å². The quantitative estimate of drug-likeness (QED) is 0.829. The lowest BCUT2D eigenvalue weighted by molar-refractivity contribution is -0.280. The Morgan fingerprint density at radius 1 is 1.15 bits per heavy atom. The van der Waals surface area contributed by atoms with E-state index in [9.17, 15) is 0 Å². The van der Waals surface area contributed by atoms with Crippen LogP contribution in [0.5, 0.6) is 0 Å². The third-order valence-corrected chi connectivity index (χ3v) is 6.11. The molecule has 1 aromatic rings. The van der Waals surface area contributed by atoms with Gasteiger partial charge >= 0.3 is 0 Å². The van der Waals surface area contributed by atoms with Crippen LogP contribution in [0.25, 0.3) is 0 Å². The van der Waals surface area contributed by atoms with Crippen LogP contribution in [0.15, 0.2) is 30.3 Å². The van der Waals surface area contributed by atoms with Crippen LogP contribution in [0.2, 0.25) is 0 Å². The minimum absolute atomic E-state index is 0.0572. The van der Waals surface area contributed by atoms with E-state index < -0.39 is 0 Å². The normalized spacial score (nSPS) is 45.8. The summed E-state index contributed by atoms with van der Waals surface area (Å²) >= 11 is 0. The fourth-order valence-corrected chi connectivity index (χ4v) is 4.79. The Morgan fingerprint density at radius 2 is 1.95 bits per heavy atom. The van der Waals surface area contributed by atoms with Crippen LogP contribution in [-0.4, -0.2) is 17.8 Å². The van der Waals surface area contributed by atoms with E-state index in [1.807, 2.05) is 0 Å². The topological polar surface area (TPSA) is 18.5 Å². The lowest BCUT2D eigenvalue weighted by Crippen LogP contribution is -2.63. The molecular weight excluding hydrogens is 248 g/mol. The van der Waals surface area contributed by atoms with Crippen molar-refractivity contribution in [2.75, 3.05) is 0 Å². The average Bonchev–Trinajstić information content (AvgIpc) is 2.64. The molecule has 0 N–H and O–H groups in total. The highest BCUT2D eigenvalue weighted by Crippen LogP contribution is 2.62. The van der Waals surface area contributed by atoms with Crippen molar-refractivity contribution in [2.45, 2.75) is 63.9 Å². The molecule has 2 nitrogen and oxygen atoms in total. The zero-order valence-corrected chi connectivity index (χ0v) is 12.5. The molecule has 2 aliphatic heterocycles. The Kier molecular flexibility index (Phi) is 2.77. The predicted molar refractivity (Wildman–Crippen MR) is 78.4 cm³/mol. The van der Waals surface area contributed by atoms with Gasteiger partial charge < -0.3 is 9.47 Å². The molecule has 4 fully saturated rings. The zero-order valence-electron chi connectivity index (χ0n) is 12.5. The standard InChI is InChI=1S/C18H24O2/c1-17-11-16(19-12-13-6-4-3-5-7-13)18(2)10-14(17)8-9-15(17)20-18/h3-7,14-16H,8-12H2,1-2H3/t14-,15-,16+,17-,18-/m1/s1. The lowest BCUT2D eigenvalue weighted by atomic mass is 9.60.